The fourth-order valence-electron chi connectivity index (χ4n) is 9.05. The number of aliphatic hydroxyl groups excluding tert-OH is 2. The van der Waals surface area contributed by atoms with Gasteiger partial charge in [-0.15, -0.1) is 0 Å². The van der Waals surface area contributed by atoms with Crippen molar-refractivity contribution in [2.24, 2.45) is 46.3 Å². The third-order valence-electron chi connectivity index (χ3n) is 10.6. The van der Waals surface area contributed by atoms with Crippen molar-refractivity contribution in [1.82, 2.24) is 5.32 Å². The maximum atomic E-state index is 13.2. The number of hydrogen-bond donors (Lipinski definition) is 3. The lowest BCUT2D eigenvalue weighted by Gasteiger charge is -2.63. The Morgan fingerprint density at radius 3 is 2.62 bits per heavy atom. The largest absolute Gasteiger partial charge is 0.396 e. The second-order valence-electron chi connectivity index (χ2n) is 11.6. The number of carbonyl (C=O) groups is 1. The molecule has 4 aliphatic carbocycles. The van der Waals surface area contributed by atoms with E-state index in [4.69, 9.17) is 0 Å². The summed E-state index contributed by atoms with van der Waals surface area (Å²) >= 11 is 0. The fourth-order valence-corrected chi connectivity index (χ4v) is 9.05. The zero-order valence-corrected chi connectivity index (χ0v) is 18.2. The molecule has 1 saturated heterocycles. The molecular weight excluding hydrogens is 362 g/mol. The molecule has 164 valence electrons. The molecule has 5 aliphatic rings. The predicted octanol–water partition coefficient (Wildman–Crippen LogP) is 3.55. The van der Waals surface area contributed by atoms with Crippen LogP contribution in [0.5, 0.6) is 0 Å². The standard InChI is InChI=1S/C25H41NO3/c1-24-10-3-2-6-18(24)17(15-27)23(29)22-19(24)9-12-25(20(22)7-8-21(25)28)11-4-5-16-13-26-14-16/h16-20,22-23,26-27,29H,2-15H2,1H3/t17-,18?,19+,20+,22-,23-,24+,25+/m1/s1. The highest BCUT2D eigenvalue weighted by Gasteiger charge is 2.65. The van der Waals surface area contributed by atoms with Gasteiger partial charge < -0.3 is 15.5 Å². The van der Waals surface area contributed by atoms with Crippen LogP contribution in [0.15, 0.2) is 0 Å². The third-order valence-corrected chi connectivity index (χ3v) is 10.6. The van der Waals surface area contributed by atoms with Crippen molar-refractivity contribution in [2.45, 2.75) is 83.7 Å². The average Bonchev–Trinajstić information content (AvgIpc) is 3.01. The number of nitrogens with one attached hydrogen (secondary N) is 1. The van der Waals surface area contributed by atoms with Gasteiger partial charge in [0.2, 0.25) is 0 Å². The van der Waals surface area contributed by atoms with Gasteiger partial charge in [-0.1, -0.05) is 26.2 Å². The van der Waals surface area contributed by atoms with E-state index in [-0.39, 0.29) is 29.3 Å². The van der Waals surface area contributed by atoms with E-state index in [2.05, 4.69) is 12.2 Å². The number of carbonyl (C=O) groups excluding carboxylic acids is 1. The second kappa shape index (κ2) is 7.60. The lowest BCUT2D eigenvalue weighted by Crippen LogP contribution is -2.62. The smallest absolute Gasteiger partial charge is 0.139 e. The SMILES string of the molecule is C[C@]12CCCCC1[C@@H](CO)[C@@H](O)[C@H]1[C@@H]3CCC(=O)[C@@]3(CCCC3CNC3)CC[C@@H]12. The molecule has 3 N–H and O–H groups in total. The Bertz CT molecular complexity index is 634. The summed E-state index contributed by atoms with van der Waals surface area (Å²) in [4.78, 5) is 13.2. The van der Waals surface area contributed by atoms with E-state index in [0.29, 0.717) is 23.5 Å². The Balaban J connectivity index is 1.42. The Hall–Kier alpha value is -0.450. The van der Waals surface area contributed by atoms with Crippen molar-refractivity contribution in [3.8, 4) is 0 Å². The van der Waals surface area contributed by atoms with Gasteiger partial charge in [-0.05, 0) is 93.0 Å². The molecule has 0 aromatic rings. The normalized spacial score (nSPS) is 49.8. The summed E-state index contributed by atoms with van der Waals surface area (Å²) in [5, 5.41) is 25.2. The monoisotopic (exact) mass is 403 g/mol. The summed E-state index contributed by atoms with van der Waals surface area (Å²) in [6.45, 7) is 4.86. The molecule has 4 heteroatoms. The van der Waals surface area contributed by atoms with Crippen LogP contribution in [-0.4, -0.2) is 41.8 Å². The van der Waals surface area contributed by atoms with Gasteiger partial charge in [-0.25, -0.2) is 0 Å². The van der Waals surface area contributed by atoms with E-state index < -0.39 is 6.10 Å². The summed E-state index contributed by atoms with van der Waals surface area (Å²) in [7, 11) is 0. The summed E-state index contributed by atoms with van der Waals surface area (Å²) < 4.78 is 0. The molecule has 0 aromatic carbocycles. The van der Waals surface area contributed by atoms with Crippen LogP contribution in [0.25, 0.3) is 0 Å². The van der Waals surface area contributed by atoms with Crippen LogP contribution in [0.1, 0.15) is 77.6 Å². The van der Waals surface area contributed by atoms with Gasteiger partial charge in [0.05, 0.1) is 6.10 Å². The van der Waals surface area contributed by atoms with E-state index in [9.17, 15) is 15.0 Å². The first kappa shape index (κ1) is 20.5. The summed E-state index contributed by atoms with van der Waals surface area (Å²) in [5.74, 6) is 2.86. The third kappa shape index (κ3) is 2.99. The van der Waals surface area contributed by atoms with Crippen molar-refractivity contribution >= 4 is 5.78 Å². The van der Waals surface area contributed by atoms with Crippen LogP contribution in [0.4, 0.5) is 0 Å². The molecule has 4 saturated carbocycles. The first-order chi connectivity index (χ1) is 14.0. The zero-order valence-electron chi connectivity index (χ0n) is 18.2. The molecule has 0 amide bonds. The van der Waals surface area contributed by atoms with Crippen molar-refractivity contribution in [2.75, 3.05) is 19.7 Å². The van der Waals surface area contributed by atoms with Crippen molar-refractivity contribution in [3.63, 3.8) is 0 Å². The molecule has 0 spiro atoms. The van der Waals surface area contributed by atoms with Crippen molar-refractivity contribution < 1.29 is 15.0 Å². The Labute approximate surface area is 176 Å². The molecule has 1 aliphatic heterocycles. The summed E-state index contributed by atoms with van der Waals surface area (Å²) in [6, 6.07) is 0. The molecule has 0 bridgehead atoms. The van der Waals surface area contributed by atoms with Crippen LogP contribution in [0, 0.1) is 46.3 Å². The Morgan fingerprint density at radius 2 is 1.90 bits per heavy atom. The maximum Gasteiger partial charge on any atom is 0.139 e. The molecule has 4 nitrogen and oxygen atoms in total. The minimum absolute atomic E-state index is 0.00843. The van der Waals surface area contributed by atoms with Crippen molar-refractivity contribution in [3.05, 3.63) is 0 Å². The second-order valence-corrected chi connectivity index (χ2v) is 11.6. The molecule has 5 rings (SSSR count). The average molecular weight is 404 g/mol. The minimum atomic E-state index is -0.424. The maximum absolute atomic E-state index is 13.2. The lowest BCUT2D eigenvalue weighted by molar-refractivity contribution is -0.198. The Kier molecular flexibility index (Phi) is 5.36. The minimum Gasteiger partial charge on any atom is -0.396 e. The molecule has 0 radical (unpaired) electrons. The summed E-state index contributed by atoms with van der Waals surface area (Å²) in [5.41, 5.74) is 0.0716. The molecular formula is C25H41NO3. The van der Waals surface area contributed by atoms with Gasteiger partial charge in [0, 0.05) is 24.4 Å². The molecule has 1 heterocycles. The van der Waals surface area contributed by atoms with E-state index in [1.807, 2.05) is 0 Å². The molecule has 8 atom stereocenters. The highest BCUT2D eigenvalue weighted by atomic mass is 16.3. The number of ketones is 1. The number of Topliss-reactive ketones (excluding diaryl/α,β-unsaturated/α-hetero) is 1. The highest BCUT2D eigenvalue weighted by Crippen LogP contribution is 2.67. The van der Waals surface area contributed by atoms with Gasteiger partial charge in [0.25, 0.3) is 0 Å². The lowest BCUT2D eigenvalue weighted by atomic mass is 9.42. The van der Waals surface area contributed by atoms with Gasteiger partial charge in [-0.3, -0.25) is 4.79 Å². The first-order valence-electron chi connectivity index (χ1n) is 12.5. The van der Waals surface area contributed by atoms with E-state index in [1.54, 1.807) is 0 Å². The number of aliphatic hydroxyl groups is 2. The van der Waals surface area contributed by atoms with Crippen LogP contribution < -0.4 is 5.32 Å². The quantitative estimate of drug-likeness (QED) is 0.657. The van der Waals surface area contributed by atoms with Crippen LogP contribution >= 0.6 is 0 Å². The van der Waals surface area contributed by atoms with Crippen LogP contribution in [0.2, 0.25) is 0 Å². The van der Waals surface area contributed by atoms with Gasteiger partial charge in [0.15, 0.2) is 0 Å². The van der Waals surface area contributed by atoms with E-state index in [1.165, 1.54) is 25.7 Å². The molecule has 5 fully saturated rings. The number of hydrogen-bond acceptors (Lipinski definition) is 4. The molecule has 0 aromatic heterocycles. The van der Waals surface area contributed by atoms with Crippen molar-refractivity contribution in [1.29, 1.82) is 0 Å². The van der Waals surface area contributed by atoms with Crippen LogP contribution in [0.3, 0.4) is 0 Å². The number of fused-ring (bicyclic) bond motifs is 5. The van der Waals surface area contributed by atoms with E-state index in [0.717, 1.165) is 64.0 Å². The molecule has 29 heavy (non-hydrogen) atoms. The highest BCUT2D eigenvalue weighted by molar-refractivity contribution is 5.87. The molecule has 1 unspecified atom stereocenters. The fraction of sp³-hybridized carbons (Fsp3) is 0.960. The first-order valence-corrected chi connectivity index (χ1v) is 12.5. The van der Waals surface area contributed by atoms with Gasteiger partial charge >= 0.3 is 0 Å². The zero-order chi connectivity index (χ0) is 20.2. The summed E-state index contributed by atoms with van der Waals surface area (Å²) in [6.07, 6.45) is 11.8. The van der Waals surface area contributed by atoms with Gasteiger partial charge in [-0.2, -0.15) is 0 Å². The number of rotatable bonds is 5. The topological polar surface area (TPSA) is 69.6 Å². The van der Waals surface area contributed by atoms with Crippen LogP contribution in [-0.2, 0) is 4.79 Å². The van der Waals surface area contributed by atoms with E-state index >= 15 is 0 Å². The Morgan fingerprint density at radius 1 is 1.07 bits per heavy atom. The predicted molar refractivity (Wildman–Crippen MR) is 113 cm³/mol. The van der Waals surface area contributed by atoms with Gasteiger partial charge in [0.1, 0.15) is 5.78 Å².